The largest absolute Gasteiger partial charge is 0.480 e. The Hall–Kier alpha value is -2.42. The third kappa shape index (κ3) is 6.83. The van der Waals surface area contributed by atoms with Gasteiger partial charge >= 0.3 is 5.97 Å². The Bertz CT molecular complexity index is 600. The second-order valence-corrected chi connectivity index (χ2v) is 7.15. The number of hydrogen-bond acceptors (Lipinski definition) is 5. The minimum atomic E-state index is -1.11. The predicted octanol–water partition coefficient (Wildman–Crippen LogP) is 0.0358. The van der Waals surface area contributed by atoms with Crippen molar-refractivity contribution >= 4 is 17.8 Å². The number of aliphatic carboxylic acids is 1. The van der Waals surface area contributed by atoms with Gasteiger partial charge in [-0.05, 0) is 18.3 Å². The van der Waals surface area contributed by atoms with Crippen molar-refractivity contribution in [1.82, 2.24) is 20.6 Å². The summed E-state index contributed by atoms with van der Waals surface area (Å²) < 4.78 is 0. The predicted molar refractivity (Wildman–Crippen MR) is 96.1 cm³/mol. The molecule has 6 N–H and O–H groups in total. The van der Waals surface area contributed by atoms with Crippen molar-refractivity contribution in [3.63, 3.8) is 0 Å². The van der Waals surface area contributed by atoms with Gasteiger partial charge in [0, 0.05) is 18.3 Å². The van der Waals surface area contributed by atoms with Gasteiger partial charge in [-0.25, -0.2) is 9.78 Å². The Morgan fingerprint density at radius 1 is 1.19 bits per heavy atom. The number of amides is 2. The Labute approximate surface area is 153 Å². The first-order valence-electron chi connectivity index (χ1n) is 8.68. The molecule has 0 saturated carbocycles. The van der Waals surface area contributed by atoms with E-state index >= 15 is 0 Å². The van der Waals surface area contributed by atoms with Gasteiger partial charge in [0.2, 0.25) is 11.8 Å². The van der Waals surface area contributed by atoms with Crippen molar-refractivity contribution < 1.29 is 19.5 Å². The fourth-order valence-corrected chi connectivity index (χ4v) is 2.48. The Morgan fingerprint density at radius 3 is 2.31 bits per heavy atom. The molecule has 1 aromatic rings. The SMILES string of the molecule is CC(C)C[C@H](NC(=O)[C@@H](N)Cc1cnc[nH]1)C(=O)N[C@H](C(=O)O)C(C)C. The normalized spacial score (nSPS) is 14.7. The summed E-state index contributed by atoms with van der Waals surface area (Å²) in [4.78, 5) is 42.9. The van der Waals surface area contributed by atoms with Gasteiger partial charge in [-0.2, -0.15) is 0 Å². The van der Waals surface area contributed by atoms with Gasteiger partial charge in [-0.1, -0.05) is 27.7 Å². The van der Waals surface area contributed by atoms with Gasteiger partial charge in [-0.15, -0.1) is 0 Å². The quantitative estimate of drug-likeness (QED) is 0.394. The summed E-state index contributed by atoms with van der Waals surface area (Å²) in [5.74, 6) is -2.27. The van der Waals surface area contributed by atoms with E-state index in [0.717, 1.165) is 0 Å². The molecule has 0 aromatic carbocycles. The second-order valence-electron chi connectivity index (χ2n) is 7.15. The highest BCUT2D eigenvalue weighted by Crippen LogP contribution is 2.08. The average Bonchev–Trinajstić information content (AvgIpc) is 3.03. The first-order chi connectivity index (χ1) is 12.1. The molecule has 0 radical (unpaired) electrons. The van der Waals surface area contributed by atoms with Crippen LogP contribution in [0.15, 0.2) is 12.5 Å². The second kappa shape index (κ2) is 9.91. The average molecular weight is 367 g/mol. The lowest BCUT2D eigenvalue weighted by molar-refractivity contribution is -0.143. The van der Waals surface area contributed by atoms with Crippen molar-refractivity contribution in [3.05, 3.63) is 18.2 Å². The molecule has 1 heterocycles. The molecule has 1 aromatic heterocycles. The lowest BCUT2D eigenvalue weighted by Crippen LogP contribution is -2.56. The fraction of sp³-hybridized carbons (Fsp3) is 0.647. The summed E-state index contributed by atoms with van der Waals surface area (Å²) in [6, 6.07) is -2.72. The zero-order chi connectivity index (χ0) is 19.9. The summed E-state index contributed by atoms with van der Waals surface area (Å²) in [6.45, 7) is 7.23. The number of aromatic amines is 1. The number of rotatable bonds is 10. The molecule has 3 atom stereocenters. The molecular weight excluding hydrogens is 338 g/mol. The van der Waals surface area contributed by atoms with Crippen LogP contribution >= 0.6 is 0 Å². The highest BCUT2D eigenvalue weighted by molar-refractivity contribution is 5.91. The number of aromatic nitrogens is 2. The van der Waals surface area contributed by atoms with E-state index in [9.17, 15) is 19.5 Å². The zero-order valence-electron chi connectivity index (χ0n) is 15.7. The summed E-state index contributed by atoms with van der Waals surface area (Å²) in [5, 5.41) is 14.4. The number of carboxylic acids is 1. The molecule has 2 amide bonds. The number of nitrogens with zero attached hydrogens (tertiary/aromatic N) is 1. The third-order valence-electron chi connectivity index (χ3n) is 3.90. The number of nitrogens with one attached hydrogen (secondary N) is 3. The smallest absolute Gasteiger partial charge is 0.326 e. The van der Waals surface area contributed by atoms with Crippen LogP contribution in [-0.4, -0.2) is 51.0 Å². The van der Waals surface area contributed by atoms with Crippen LogP contribution in [0.25, 0.3) is 0 Å². The molecule has 0 bridgehead atoms. The topological polar surface area (TPSA) is 150 Å². The number of nitrogens with two attached hydrogens (primary N) is 1. The molecular formula is C17H29N5O4. The fourth-order valence-electron chi connectivity index (χ4n) is 2.48. The first kappa shape index (κ1) is 21.6. The van der Waals surface area contributed by atoms with Crippen molar-refractivity contribution in [3.8, 4) is 0 Å². The van der Waals surface area contributed by atoms with E-state index in [1.54, 1.807) is 20.0 Å². The van der Waals surface area contributed by atoms with Crippen LogP contribution in [0.4, 0.5) is 0 Å². The number of carbonyl (C=O) groups is 3. The van der Waals surface area contributed by atoms with Gasteiger partial charge in [-0.3, -0.25) is 9.59 Å². The van der Waals surface area contributed by atoms with E-state index in [-0.39, 0.29) is 18.3 Å². The summed E-state index contributed by atoms with van der Waals surface area (Å²) >= 11 is 0. The Morgan fingerprint density at radius 2 is 1.85 bits per heavy atom. The lowest BCUT2D eigenvalue weighted by atomic mass is 10.00. The molecule has 0 aliphatic rings. The van der Waals surface area contributed by atoms with Crippen LogP contribution in [0.1, 0.15) is 39.8 Å². The first-order valence-corrected chi connectivity index (χ1v) is 8.68. The van der Waals surface area contributed by atoms with Crippen LogP contribution in [0.5, 0.6) is 0 Å². The number of hydrogen-bond donors (Lipinski definition) is 5. The third-order valence-corrected chi connectivity index (χ3v) is 3.90. The van der Waals surface area contributed by atoms with E-state index in [4.69, 9.17) is 5.73 Å². The van der Waals surface area contributed by atoms with Crippen LogP contribution in [0.3, 0.4) is 0 Å². The number of imidazole rings is 1. The molecule has 0 saturated heterocycles. The standard InChI is InChI=1S/C17H29N5O4/c1-9(2)5-13(16(24)22-14(10(3)4)17(25)26)21-15(23)12(18)6-11-7-19-8-20-11/h7-10,12-14H,5-6,18H2,1-4H3,(H,19,20)(H,21,23)(H,22,24)(H,25,26)/t12-,13-,14-/m0/s1. The van der Waals surface area contributed by atoms with Crippen molar-refractivity contribution in [2.75, 3.05) is 0 Å². The monoisotopic (exact) mass is 367 g/mol. The molecule has 0 aliphatic carbocycles. The van der Waals surface area contributed by atoms with Crippen LogP contribution in [-0.2, 0) is 20.8 Å². The molecule has 1 rings (SSSR count). The van der Waals surface area contributed by atoms with Crippen molar-refractivity contribution in [1.29, 1.82) is 0 Å². The van der Waals surface area contributed by atoms with E-state index in [1.165, 1.54) is 6.33 Å². The molecule has 26 heavy (non-hydrogen) atoms. The molecule has 9 heteroatoms. The molecule has 0 spiro atoms. The molecule has 9 nitrogen and oxygen atoms in total. The van der Waals surface area contributed by atoms with Crippen LogP contribution in [0.2, 0.25) is 0 Å². The van der Waals surface area contributed by atoms with Gasteiger partial charge in [0.1, 0.15) is 12.1 Å². The lowest BCUT2D eigenvalue weighted by Gasteiger charge is -2.25. The Balaban J connectivity index is 2.76. The summed E-state index contributed by atoms with van der Waals surface area (Å²) in [5.41, 5.74) is 6.61. The van der Waals surface area contributed by atoms with Gasteiger partial charge in [0.15, 0.2) is 0 Å². The number of carbonyl (C=O) groups excluding carboxylic acids is 2. The number of H-pyrrole nitrogens is 1. The van der Waals surface area contributed by atoms with Crippen LogP contribution < -0.4 is 16.4 Å². The van der Waals surface area contributed by atoms with E-state index in [2.05, 4.69) is 20.6 Å². The molecule has 0 aliphatic heterocycles. The maximum atomic E-state index is 12.5. The van der Waals surface area contributed by atoms with E-state index < -0.39 is 35.9 Å². The van der Waals surface area contributed by atoms with Crippen molar-refractivity contribution in [2.24, 2.45) is 17.6 Å². The Kier molecular flexibility index (Phi) is 8.24. The molecule has 146 valence electrons. The zero-order valence-corrected chi connectivity index (χ0v) is 15.7. The minimum absolute atomic E-state index is 0.122. The van der Waals surface area contributed by atoms with E-state index in [1.807, 2.05) is 13.8 Å². The maximum Gasteiger partial charge on any atom is 0.326 e. The van der Waals surface area contributed by atoms with Gasteiger partial charge in [0.25, 0.3) is 0 Å². The maximum absolute atomic E-state index is 12.5. The highest BCUT2D eigenvalue weighted by Gasteiger charge is 2.30. The summed E-state index contributed by atoms with van der Waals surface area (Å²) in [6.07, 6.45) is 3.70. The summed E-state index contributed by atoms with van der Waals surface area (Å²) in [7, 11) is 0. The highest BCUT2D eigenvalue weighted by atomic mass is 16.4. The minimum Gasteiger partial charge on any atom is -0.480 e. The molecule has 0 fully saturated rings. The molecule has 0 unspecified atom stereocenters. The van der Waals surface area contributed by atoms with Crippen LogP contribution in [0, 0.1) is 11.8 Å². The van der Waals surface area contributed by atoms with E-state index in [0.29, 0.717) is 12.1 Å². The van der Waals surface area contributed by atoms with Crippen molar-refractivity contribution in [2.45, 2.75) is 58.7 Å². The number of carboxylic acid groups (broad SMARTS) is 1. The van der Waals surface area contributed by atoms with Gasteiger partial charge < -0.3 is 26.5 Å². The van der Waals surface area contributed by atoms with Gasteiger partial charge in [0.05, 0.1) is 12.4 Å².